The van der Waals surface area contributed by atoms with E-state index in [9.17, 15) is 0 Å². The number of hydrogen-bond donors (Lipinski definition) is 1. The Hall–Kier alpha value is -1.76. The predicted molar refractivity (Wildman–Crippen MR) is 75.2 cm³/mol. The van der Waals surface area contributed by atoms with Gasteiger partial charge in [-0.25, -0.2) is 4.98 Å². The third kappa shape index (κ3) is 2.98. The summed E-state index contributed by atoms with van der Waals surface area (Å²) in [7, 11) is 0. The third-order valence-electron chi connectivity index (χ3n) is 3.12. The van der Waals surface area contributed by atoms with Crippen LogP contribution >= 0.6 is 11.3 Å². The van der Waals surface area contributed by atoms with Crippen molar-refractivity contribution < 1.29 is 0 Å². The third-order valence-corrected chi connectivity index (χ3v) is 3.90. The second kappa shape index (κ2) is 5.48. The number of aromatic nitrogens is 4. The molecule has 1 aliphatic heterocycles. The van der Waals surface area contributed by atoms with Gasteiger partial charge < -0.3 is 10.6 Å². The van der Waals surface area contributed by atoms with E-state index in [0.717, 1.165) is 18.1 Å². The van der Waals surface area contributed by atoms with Crippen LogP contribution in [0.2, 0.25) is 0 Å². The molecule has 0 unspecified atom stereocenters. The number of hydrogen-bond acceptors (Lipinski definition) is 7. The van der Waals surface area contributed by atoms with Gasteiger partial charge >= 0.3 is 0 Å². The van der Waals surface area contributed by atoms with E-state index in [4.69, 9.17) is 5.73 Å². The summed E-state index contributed by atoms with van der Waals surface area (Å²) in [5.74, 6) is 1.70. The minimum absolute atomic E-state index is 0.294. The quantitative estimate of drug-likeness (QED) is 0.914. The fourth-order valence-corrected chi connectivity index (χ4v) is 2.83. The largest absolute Gasteiger partial charge is 0.368 e. The van der Waals surface area contributed by atoms with Crippen molar-refractivity contribution in [3.8, 4) is 0 Å². The highest BCUT2D eigenvalue weighted by Gasteiger charge is 2.15. The standard InChI is InChI=1S/C12H16N6S/c13-11-15-9(8-10-14-4-7-19-10)16-12(17-11)18-5-2-1-3-6-18/h4,7H,1-3,5-6,8H2,(H2,13,15,16,17). The molecule has 0 saturated carbocycles. The Morgan fingerprint density at radius 1 is 1.16 bits per heavy atom. The first-order valence-corrected chi connectivity index (χ1v) is 7.33. The first kappa shape index (κ1) is 12.3. The van der Waals surface area contributed by atoms with Crippen LogP contribution in [0.5, 0.6) is 0 Å². The maximum absolute atomic E-state index is 5.79. The van der Waals surface area contributed by atoms with Crippen molar-refractivity contribution in [2.24, 2.45) is 0 Å². The molecule has 1 fully saturated rings. The molecule has 2 N–H and O–H groups in total. The lowest BCUT2D eigenvalue weighted by molar-refractivity contribution is 0.566. The van der Waals surface area contributed by atoms with Gasteiger partial charge in [0, 0.05) is 24.7 Å². The van der Waals surface area contributed by atoms with Crippen molar-refractivity contribution in [1.82, 2.24) is 19.9 Å². The van der Waals surface area contributed by atoms with Crippen LogP contribution in [0.4, 0.5) is 11.9 Å². The minimum atomic E-state index is 0.294. The van der Waals surface area contributed by atoms with Crippen molar-refractivity contribution in [3.63, 3.8) is 0 Å². The van der Waals surface area contributed by atoms with Crippen molar-refractivity contribution in [3.05, 3.63) is 22.4 Å². The highest BCUT2D eigenvalue weighted by molar-refractivity contribution is 7.09. The predicted octanol–water partition coefficient (Wildman–Crippen LogP) is 1.49. The number of nitrogen functional groups attached to an aromatic ring is 1. The number of piperidine rings is 1. The molecular formula is C12H16N6S. The normalized spacial score (nSPS) is 15.7. The summed E-state index contributed by atoms with van der Waals surface area (Å²) >= 11 is 1.60. The number of nitrogens with zero attached hydrogens (tertiary/aromatic N) is 5. The summed E-state index contributed by atoms with van der Waals surface area (Å²) in [4.78, 5) is 19.4. The second-order valence-corrected chi connectivity index (χ2v) is 5.54. The fourth-order valence-electron chi connectivity index (χ4n) is 2.22. The van der Waals surface area contributed by atoms with E-state index in [2.05, 4.69) is 24.8 Å². The van der Waals surface area contributed by atoms with E-state index in [1.807, 2.05) is 5.38 Å². The van der Waals surface area contributed by atoms with E-state index in [1.54, 1.807) is 17.5 Å². The molecule has 1 aliphatic rings. The number of anilines is 2. The molecule has 1 saturated heterocycles. The molecule has 0 amide bonds. The number of rotatable bonds is 3. The van der Waals surface area contributed by atoms with E-state index in [0.29, 0.717) is 24.1 Å². The second-order valence-electron chi connectivity index (χ2n) is 4.56. The van der Waals surface area contributed by atoms with Crippen molar-refractivity contribution in [2.45, 2.75) is 25.7 Å². The Morgan fingerprint density at radius 3 is 2.74 bits per heavy atom. The van der Waals surface area contributed by atoms with E-state index >= 15 is 0 Å². The molecule has 0 aromatic carbocycles. The lowest BCUT2D eigenvalue weighted by atomic mass is 10.1. The SMILES string of the molecule is Nc1nc(Cc2nccs2)nc(N2CCCCC2)n1. The Bertz CT molecular complexity index is 535. The minimum Gasteiger partial charge on any atom is -0.368 e. The summed E-state index contributed by atoms with van der Waals surface area (Å²) in [6.45, 7) is 2.00. The summed E-state index contributed by atoms with van der Waals surface area (Å²) < 4.78 is 0. The Labute approximate surface area is 115 Å². The molecule has 100 valence electrons. The molecule has 6 nitrogen and oxygen atoms in total. The number of nitrogens with two attached hydrogens (primary N) is 1. The number of thiazole rings is 1. The van der Waals surface area contributed by atoms with Gasteiger partial charge in [0.1, 0.15) is 10.8 Å². The Kier molecular flexibility index (Phi) is 3.54. The molecule has 0 bridgehead atoms. The van der Waals surface area contributed by atoms with Gasteiger partial charge in [-0.05, 0) is 19.3 Å². The lowest BCUT2D eigenvalue weighted by Crippen LogP contribution is -2.31. The maximum Gasteiger partial charge on any atom is 0.230 e. The first-order chi connectivity index (χ1) is 9.31. The van der Waals surface area contributed by atoms with Crippen LogP contribution in [-0.4, -0.2) is 33.0 Å². The summed E-state index contributed by atoms with van der Waals surface area (Å²) in [6.07, 6.45) is 6.06. The van der Waals surface area contributed by atoms with Gasteiger partial charge in [-0.3, -0.25) is 0 Å². The zero-order valence-corrected chi connectivity index (χ0v) is 11.4. The van der Waals surface area contributed by atoms with E-state index in [-0.39, 0.29) is 0 Å². The van der Waals surface area contributed by atoms with Crippen molar-refractivity contribution in [2.75, 3.05) is 23.7 Å². The van der Waals surface area contributed by atoms with E-state index in [1.165, 1.54) is 19.3 Å². The molecule has 3 heterocycles. The summed E-state index contributed by atoms with van der Waals surface area (Å²) in [6, 6.07) is 0. The van der Waals surface area contributed by atoms with Gasteiger partial charge in [-0.1, -0.05) is 0 Å². The molecule has 2 aromatic rings. The smallest absolute Gasteiger partial charge is 0.230 e. The fraction of sp³-hybridized carbons (Fsp3) is 0.500. The van der Waals surface area contributed by atoms with Gasteiger partial charge in [0.15, 0.2) is 0 Å². The van der Waals surface area contributed by atoms with Gasteiger partial charge in [0.2, 0.25) is 11.9 Å². The molecular weight excluding hydrogens is 260 g/mol. The molecule has 2 aromatic heterocycles. The zero-order chi connectivity index (χ0) is 13.1. The Balaban J connectivity index is 1.82. The topological polar surface area (TPSA) is 80.8 Å². The zero-order valence-electron chi connectivity index (χ0n) is 10.6. The summed E-state index contributed by atoms with van der Waals surface area (Å²) in [5, 5.41) is 2.95. The molecule has 19 heavy (non-hydrogen) atoms. The molecule has 7 heteroatoms. The van der Waals surface area contributed by atoms with Crippen LogP contribution in [0.15, 0.2) is 11.6 Å². The summed E-state index contributed by atoms with van der Waals surface area (Å²) in [5.41, 5.74) is 5.79. The van der Waals surface area contributed by atoms with Crippen LogP contribution in [0.3, 0.4) is 0 Å². The molecule has 3 rings (SSSR count). The monoisotopic (exact) mass is 276 g/mol. The highest BCUT2D eigenvalue weighted by Crippen LogP contribution is 2.17. The van der Waals surface area contributed by atoms with Crippen LogP contribution in [-0.2, 0) is 6.42 Å². The molecule has 0 spiro atoms. The first-order valence-electron chi connectivity index (χ1n) is 6.45. The lowest BCUT2D eigenvalue weighted by Gasteiger charge is -2.26. The van der Waals surface area contributed by atoms with Crippen LogP contribution in [0.25, 0.3) is 0 Å². The molecule has 0 aliphatic carbocycles. The van der Waals surface area contributed by atoms with Crippen molar-refractivity contribution >= 4 is 23.2 Å². The average Bonchev–Trinajstić information content (AvgIpc) is 2.92. The molecule has 0 radical (unpaired) electrons. The molecule has 0 atom stereocenters. The van der Waals surface area contributed by atoms with Crippen LogP contribution in [0, 0.1) is 0 Å². The van der Waals surface area contributed by atoms with Gasteiger partial charge in [-0.2, -0.15) is 15.0 Å². The van der Waals surface area contributed by atoms with Crippen molar-refractivity contribution in [1.29, 1.82) is 0 Å². The Morgan fingerprint density at radius 2 is 2.00 bits per heavy atom. The van der Waals surface area contributed by atoms with E-state index < -0.39 is 0 Å². The van der Waals surface area contributed by atoms with Gasteiger partial charge in [-0.15, -0.1) is 11.3 Å². The van der Waals surface area contributed by atoms with Crippen LogP contribution in [0.1, 0.15) is 30.1 Å². The average molecular weight is 276 g/mol. The van der Waals surface area contributed by atoms with Gasteiger partial charge in [0.25, 0.3) is 0 Å². The highest BCUT2D eigenvalue weighted by atomic mass is 32.1. The van der Waals surface area contributed by atoms with Crippen LogP contribution < -0.4 is 10.6 Å². The van der Waals surface area contributed by atoms with Gasteiger partial charge in [0.05, 0.1) is 6.42 Å². The maximum atomic E-state index is 5.79.